The zero-order valence-electron chi connectivity index (χ0n) is 14.2. The molecule has 134 valence electrons. The first-order valence-electron chi connectivity index (χ1n) is 7.62. The molecule has 2 rings (SSSR count). The number of carbonyl (C=O) groups excluding carboxylic acids is 1. The molecular weight excluding hydrogens is 328 g/mol. The van der Waals surface area contributed by atoms with Crippen LogP contribution in [0.2, 0.25) is 0 Å². The van der Waals surface area contributed by atoms with Gasteiger partial charge in [0.15, 0.2) is 5.69 Å². The lowest BCUT2D eigenvalue weighted by atomic mass is 10.3. The number of aryl methyl sites for hydroxylation is 1. The molecule has 25 heavy (non-hydrogen) atoms. The topological polar surface area (TPSA) is 116 Å². The Bertz CT molecular complexity index is 741. The lowest BCUT2D eigenvalue weighted by Gasteiger charge is -2.07. The fourth-order valence-electron chi connectivity index (χ4n) is 1.95. The van der Waals surface area contributed by atoms with Crippen LogP contribution in [0.4, 0.5) is 0 Å². The molecule has 0 fully saturated rings. The number of methoxy groups -OCH3 is 1. The van der Waals surface area contributed by atoms with E-state index in [4.69, 9.17) is 14.6 Å². The number of nitrogens with one attached hydrogen (secondary N) is 1. The van der Waals surface area contributed by atoms with E-state index in [9.17, 15) is 9.59 Å². The maximum atomic E-state index is 12.1. The Labute approximate surface area is 144 Å². The van der Waals surface area contributed by atoms with E-state index in [2.05, 4.69) is 15.5 Å². The number of nitrogens with zero attached hydrogens (tertiary/aromatic N) is 3. The van der Waals surface area contributed by atoms with E-state index in [1.807, 2.05) is 0 Å². The minimum Gasteiger partial charge on any atom is -0.491 e. The summed E-state index contributed by atoms with van der Waals surface area (Å²) in [6.45, 7) is 3.95. The van der Waals surface area contributed by atoms with Gasteiger partial charge < -0.3 is 19.9 Å². The highest BCUT2D eigenvalue weighted by Crippen LogP contribution is 2.15. The molecule has 0 unspecified atom stereocenters. The van der Waals surface area contributed by atoms with Crippen molar-refractivity contribution in [2.45, 2.75) is 19.9 Å². The molecule has 1 heterocycles. The minimum atomic E-state index is -1.12. The molecule has 1 aromatic carbocycles. The first-order chi connectivity index (χ1) is 11.9. The molecule has 2 aromatic rings. The number of benzene rings is 1. The maximum absolute atomic E-state index is 12.1. The second kappa shape index (κ2) is 8.25. The molecule has 0 spiro atoms. The van der Waals surface area contributed by atoms with Crippen molar-refractivity contribution in [3.8, 4) is 11.4 Å². The average molecular weight is 348 g/mol. The SMILES string of the molecule is COCCOc1ccc(-n2nc(C)c(C(=O)N[C@H](C)C(=O)O)n2)cc1. The van der Waals surface area contributed by atoms with E-state index >= 15 is 0 Å². The van der Waals surface area contributed by atoms with Crippen LogP contribution in [0, 0.1) is 6.92 Å². The molecule has 0 radical (unpaired) electrons. The molecular formula is C16H20N4O5. The smallest absolute Gasteiger partial charge is 0.325 e. The van der Waals surface area contributed by atoms with Crippen LogP contribution in [0.15, 0.2) is 24.3 Å². The summed E-state index contributed by atoms with van der Waals surface area (Å²) in [6.07, 6.45) is 0. The zero-order chi connectivity index (χ0) is 18.4. The van der Waals surface area contributed by atoms with Crippen LogP contribution in [0.1, 0.15) is 23.1 Å². The van der Waals surface area contributed by atoms with Crippen molar-refractivity contribution < 1.29 is 24.2 Å². The average Bonchev–Trinajstić information content (AvgIpc) is 2.97. The third-order valence-corrected chi connectivity index (χ3v) is 3.34. The van der Waals surface area contributed by atoms with Crippen LogP contribution < -0.4 is 10.1 Å². The van der Waals surface area contributed by atoms with Gasteiger partial charge >= 0.3 is 5.97 Å². The molecule has 0 aliphatic heterocycles. The van der Waals surface area contributed by atoms with Gasteiger partial charge in [0.2, 0.25) is 0 Å². The first kappa shape index (κ1) is 18.4. The number of carboxylic acid groups (broad SMARTS) is 1. The van der Waals surface area contributed by atoms with Gasteiger partial charge in [-0.05, 0) is 38.1 Å². The monoisotopic (exact) mass is 348 g/mol. The third kappa shape index (κ3) is 4.77. The molecule has 1 aromatic heterocycles. The lowest BCUT2D eigenvalue weighted by molar-refractivity contribution is -0.138. The van der Waals surface area contributed by atoms with Gasteiger partial charge in [-0.25, -0.2) is 0 Å². The van der Waals surface area contributed by atoms with Crippen LogP contribution in [-0.4, -0.2) is 58.3 Å². The summed E-state index contributed by atoms with van der Waals surface area (Å²) in [4.78, 5) is 24.2. The molecule has 1 amide bonds. The Morgan fingerprint density at radius 1 is 1.24 bits per heavy atom. The third-order valence-electron chi connectivity index (χ3n) is 3.34. The minimum absolute atomic E-state index is 0.0773. The van der Waals surface area contributed by atoms with Crippen molar-refractivity contribution in [1.82, 2.24) is 20.3 Å². The summed E-state index contributed by atoms with van der Waals surface area (Å²) >= 11 is 0. The van der Waals surface area contributed by atoms with Gasteiger partial charge in [0.1, 0.15) is 18.4 Å². The van der Waals surface area contributed by atoms with Gasteiger partial charge in [-0.3, -0.25) is 9.59 Å². The number of ether oxygens (including phenoxy) is 2. The number of carbonyl (C=O) groups is 2. The Balaban J connectivity index is 2.11. The summed E-state index contributed by atoms with van der Waals surface area (Å²) in [5, 5.41) is 19.5. The lowest BCUT2D eigenvalue weighted by Crippen LogP contribution is -2.38. The highest BCUT2D eigenvalue weighted by atomic mass is 16.5. The van der Waals surface area contributed by atoms with Crippen LogP contribution in [0.25, 0.3) is 5.69 Å². The van der Waals surface area contributed by atoms with Crippen molar-refractivity contribution >= 4 is 11.9 Å². The maximum Gasteiger partial charge on any atom is 0.325 e. The first-order valence-corrected chi connectivity index (χ1v) is 7.62. The molecule has 1 atom stereocenters. The Morgan fingerprint density at radius 2 is 1.92 bits per heavy atom. The van der Waals surface area contributed by atoms with Crippen molar-refractivity contribution in [2.75, 3.05) is 20.3 Å². The van der Waals surface area contributed by atoms with E-state index < -0.39 is 17.9 Å². The standard InChI is InChI=1S/C16H20N4O5/c1-10-14(15(21)17-11(2)16(22)23)19-20(18-10)12-4-6-13(7-5-12)25-9-8-24-3/h4-7,11H,8-9H2,1-3H3,(H,17,21)(H,22,23)/t11-/m1/s1. The Hall–Kier alpha value is -2.94. The van der Waals surface area contributed by atoms with Gasteiger partial charge in [0.05, 0.1) is 18.0 Å². The van der Waals surface area contributed by atoms with Crippen molar-refractivity contribution in [3.63, 3.8) is 0 Å². The van der Waals surface area contributed by atoms with Gasteiger partial charge in [0, 0.05) is 7.11 Å². The molecule has 0 bridgehead atoms. The zero-order valence-corrected chi connectivity index (χ0v) is 14.2. The summed E-state index contributed by atoms with van der Waals surface area (Å²) in [5.41, 5.74) is 1.12. The van der Waals surface area contributed by atoms with Crippen molar-refractivity contribution in [1.29, 1.82) is 0 Å². The predicted molar refractivity (Wildman–Crippen MR) is 88.0 cm³/mol. The second-order valence-electron chi connectivity index (χ2n) is 5.29. The number of aliphatic carboxylic acids is 1. The summed E-state index contributed by atoms with van der Waals surface area (Å²) in [6, 6.07) is 6.01. The summed E-state index contributed by atoms with van der Waals surface area (Å²) in [5.74, 6) is -1.03. The number of carboxylic acids is 1. The van der Waals surface area contributed by atoms with E-state index in [1.165, 1.54) is 11.7 Å². The quantitative estimate of drug-likeness (QED) is 0.678. The van der Waals surface area contributed by atoms with Crippen LogP contribution in [0.5, 0.6) is 5.75 Å². The Morgan fingerprint density at radius 3 is 2.52 bits per heavy atom. The molecule has 0 aliphatic carbocycles. The number of hydrogen-bond donors (Lipinski definition) is 2. The molecule has 2 N–H and O–H groups in total. The molecule has 0 aliphatic rings. The fraction of sp³-hybridized carbons (Fsp3) is 0.375. The van der Waals surface area contributed by atoms with Gasteiger partial charge in [-0.1, -0.05) is 0 Å². The van der Waals surface area contributed by atoms with Gasteiger partial charge in [-0.2, -0.15) is 9.90 Å². The van der Waals surface area contributed by atoms with E-state index in [0.29, 0.717) is 30.3 Å². The number of rotatable bonds is 8. The van der Waals surface area contributed by atoms with Gasteiger partial charge in [0.25, 0.3) is 5.91 Å². The molecule has 9 heteroatoms. The predicted octanol–water partition coefficient (Wildman–Crippen LogP) is 0.804. The summed E-state index contributed by atoms with van der Waals surface area (Å²) in [7, 11) is 1.60. The Kier molecular flexibility index (Phi) is 6.07. The summed E-state index contributed by atoms with van der Waals surface area (Å²) < 4.78 is 10.4. The number of amides is 1. The van der Waals surface area contributed by atoms with Gasteiger partial charge in [-0.15, -0.1) is 5.10 Å². The largest absolute Gasteiger partial charge is 0.491 e. The van der Waals surface area contributed by atoms with Crippen molar-refractivity contribution in [2.24, 2.45) is 0 Å². The van der Waals surface area contributed by atoms with E-state index in [1.54, 1.807) is 38.3 Å². The van der Waals surface area contributed by atoms with Crippen LogP contribution in [-0.2, 0) is 9.53 Å². The number of aromatic nitrogens is 3. The van der Waals surface area contributed by atoms with E-state index in [0.717, 1.165) is 0 Å². The molecule has 0 saturated carbocycles. The second-order valence-corrected chi connectivity index (χ2v) is 5.29. The highest BCUT2D eigenvalue weighted by Gasteiger charge is 2.20. The number of hydrogen-bond acceptors (Lipinski definition) is 6. The molecule has 0 saturated heterocycles. The molecule has 9 nitrogen and oxygen atoms in total. The van der Waals surface area contributed by atoms with E-state index in [-0.39, 0.29) is 5.69 Å². The van der Waals surface area contributed by atoms with Crippen LogP contribution >= 0.6 is 0 Å². The highest BCUT2D eigenvalue weighted by molar-refractivity contribution is 5.95. The normalized spacial score (nSPS) is 11.8. The fourth-order valence-corrected chi connectivity index (χ4v) is 1.95. The van der Waals surface area contributed by atoms with Crippen molar-refractivity contribution in [3.05, 3.63) is 35.7 Å². The van der Waals surface area contributed by atoms with Crippen LogP contribution in [0.3, 0.4) is 0 Å².